The van der Waals surface area contributed by atoms with Crippen LogP contribution in [0.2, 0.25) is 0 Å². The van der Waals surface area contributed by atoms with Crippen LogP contribution in [0.1, 0.15) is 380 Å². The van der Waals surface area contributed by atoms with Crippen molar-refractivity contribution in [1.29, 1.82) is 0 Å². The number of nitrogens with zero attached hydrogens (tertiary/aromatic N) is 1. The fourth-order valence-electron chi connectivity index (χ4n) is 11.4. The number of aliphatic hydroxyl groups excluding tert-OH is 1. The SMILES string of the molecule is CCCCCCCCCC/C=C\CCCCCCCCCCCCCCCCCCCCCCCC(=O)NC(COP(=O)(O)OCC[N+](C)(C)C)C(O)/C=C/CC/C=C/CC/C=C/CCCCCCCCCCCCCCCCCCCCCC. The standard InChI is InChI=1S/C76H147N2O6P/c1-6-8-10-12-14-16-18-20-22-24-26-28-30-32-34-36-38-39-40-42-44-46-48-50-52-54-56-58-60-62-64-66-68-70-76(80)77-74(73-84-85(81,82)83-72-71-78(3,4)5)75(79)69-67-65-63-61-59-57-55-53-51-49-47-45-43-41-37-35-33-31-29-27-25-23-21-19-17-15-13-11-9-7-2/h24,26,51,53,59,61,67,69,74-75,79H,6-23,25,27-50,52,54-58,60,62-66,68,70-73H2,1-5H3,(H-,77,80,81,82)/p+1/b26-24-,53-51+,61-59+,69-67+. The number of hydrogen-bond donors (Lipinski definition) is 3. The van der Waals surface area contributed by atoms with Gasteiger partial charge in [0.15, 0.2) is 0 Å². The van der Waals surface area contributed by atoms with Gasteiger partial charge in [0.05, 0.1) is 39.9 Å². The second-order valence-corrected chi connectivity index (χ2v) is 28.5. The number of aliphatic hydroxyl groups is 1. The zero-order valence-corrected chi connectivity index (χ0v) is 58.5. The Labute approximate surface area is 530 Å². The van der Waals surface area contributed by atoms with Crippen molar-refractivity contribution in [2.45, 2.75) is 392 Å². The van der Waals surface area contributed by atoms with Gasteiger partial charge in [-0.3, -0.25) is 13.8 Å². The van der Waals surface area contributed by atoms with Crippen molar-refractivity contribution in [3.05, 3.63) is 48.6 Å². The molecule has 3 unspecified atom stereocenters. The molecule has 0 saturated carbocycles. The molecule has 8 nitrogen and oxygen atoms in total. The summed E-state index contributed by atoms with van der Waals surface area (Å²) in [6.45, 7) is 4.84. The fraction of sp³-hybridized carbons (Fsp3) is 0.882. The molecule has 0 aromatic rings. The highest BCUT2D eigenvalue weighted by atomic mass is 31.2. The number of allylic oxidation sites excluding steroid dienone is 7. The first-order valence-corrected chi connectivity index (χ1v) is 39.0. The summed E-state index contributed by atoms with van der Waals surface area (Å²) < 4.78 is 23.8. The van der Waals surface area contributed by atoms with Gasteiger partial charge in [-0.1, -0.05) is 351 Å². The monoisotopic (exact) mass is 1220 g/mol. The predicted molar refractivity (Wildman–Crippen MR) is 374 cm³/mol. The molecule has 3 N–H and O–H groups in total. The van der Waals surface area contributed by atoms with E-state index in [0.717, 1.165) is 44.9 Å². The highest BCUT2D eigenvalue weighted by Gasteiger charge is 2.28. The summed E-state index contributed by atoms with van der Waals surface area (Å²) in [7, 11) is 1.56. The number of rotatable bonds is 70. The number of unbranched alkanes of at least 4 members (excludes halogenated alkanes) is 51. The molecule has 3 atom stereocenters. The van der Waals surface area contributed by atoms with Crippen LogP contribution < -0.4 is 5.32 Å². The third-order valence-electron chi connectivity index (χ3n) is 17.2. The minimum absolute atomic E-state index is 0.0546. The van der Waals surface area contributed by atoms with Gasteiger partial charge in [0, 0.05) is 6.42 Å². The van der Waals surface area contributed by atoms with Crippen molar-refractivity contribution in [2.24, 2.45) is 0 Å². The number of quaternary nitrogens is 1. The summed E-state index contributed by atoms with van der Waals surface area (Å²) >= 11 is 0. The van der Waals surface area contributed by atoms with E-state index in [-0.39, 0.29) is 19.1 Å². The van der Waals surface area contributed by atoms with Crippen LogP contribution in [0.25, 0.3) is 0 Å². The maximum atomic E-state index is 13.1. The number of phosphoric acid groups is 1. The third-order valence-corrected chi connectivity index (χ3v) is 18.2. The molecule has 0 fully saturated rings. The van der Waals surface area contributed by atoms with Gasteiger partial charge in [-0.2, -0.15) is 0 Å². The number of amides is 1. The molecule has 0 saturated heterocycles. The number of likely N-dealkylation sites (N-methyl/N-ethyl adjacent to an activating group) is 1. The Morgan fingerprint density at radius 3 is 0.941 bits per heavy atom. The molecule has 0 rings (SSSR count). The Bertz CT molecular complexity index is 1530. The molecule has 0 spiro atoms. The van der Waals surface area contributed by atoms with Crippen LogP contribution in [-0.4, -0.2) is 73.4 Å². The van der Waals surface area contributed by atoms with Crippen LogP contribution in [0.3, 0.4) is 0 Å². The normalized spacial score (nSPS) is 13.8. The highest BCUT2D eigenvalue weighted by molar-refractivity contribution is 7.47. The zero-order chi connectivity index (χ0) is 61.9. The Hall–Kier alpha value is -1.54. The van der Waals surface area contributed by atoms with E-state index in [1.165, 1.54) is 315 Å². The lowest BCUT2D eigenvalue weighted by Crippen LogP contribution is -2.45. The molecule has 0 bridgehead atoms. The largest absolute Gasteiger partial charge is 0.472 e. The molecule has 502 valence electrons. The summed E-state index contributed by atoms with van der Waals surface area (Å²) in [5.41, 5.74) is 0. The molecule has 0 aliphatic rings. The molecule has 0 aliphatic carbocycles. The average molecular weight is 1220 g/mol. The van der Waals surface area contributed by atoms with E-state index in [0.29, 0.717) is 17.4 Å². The highest BCUT2D eigenvalue weighted by Crippen LogP contribution is 2.43. The van der Waals surface area contributed by atoms with E-state index in [1.54, 1.807) is 6.08 Å². The molecule has 0 aromatic carbocycles. The van der Waals surface area contributed by atoms with Gasteiger partial charge in [-0.05, 0) is 70.6 Å². The van der Waals surface area contributed by atoms with E-state index in [4.69, 9.17) is 9.05 Å². The molecular weight excluding hydrogens is 1070 g/mol. The van der Waals surface area contributed by atoms with Crippen LogP contribution in [0.15, 0.2) is 48.6 Å². The van der Waals surface area contributed by atoms with Crippen LogP contribution in [0.5, 0.6) is 0 Å². The van der Waals surface area contributed by atoms with Gasteiger partial charge in [0.2, 0.25) is 5.91 Å². The number of carbonyl (C=O) groups excluding carboxylic acids is 1. The summed E-state index contributed by atoms with van der Waals surface area (Å²) in [4.78, 5) is 23.4. The summed E-state index contributed by atoms with van der Waals surface area (Å²) in [5, 5.41) is 14.0. The van der Waals surface area contributed by atoms with Crippen molar-refractivity contribution < 1.29 is 32.9 Å². The predicted octanol–water partition coefficient (Wildman–Crippen LogP) is 24.2. The van der Waals surface area contributed by atoms with Gasteiger partial charge in [-0.15, -0.1) is 0 Å². The first-order chi connectivity index (χ1) is 41.5. The topological polar surface area (TPSA) is 105 Å². The van der Waals surface area contributed by atoms with Gasteiger partial charge in [-0.25, -0.2) is 4.57 Å². The minimum Gasteiger partial charge on any atom is -0.387 e. The van der Waals surface area contributed by atoms with Crippen molar-refractivity contribution in [1.82, 2.24) is 5.32 Å². The van der Waals surface area contributed by atoms with E-state index in [1.807, 2.05) is 27.2 Å². The number of hydrogen-bond acceptors (Lipinski definition) is 5. The Morgan fingerprint density at radius 1 is 0.388 bits per heavy atom. The molecule has 0 heterocycles. The van der Waals surface area contributed by atoms with E-state index < -0.39 is 20.0 Å². The smallest absolute Gasteiger partial charge is 0.387 e. The van der Waals surface area contributed by atoms with Gasteiger partial charge in [0.1, 0.15) is 13.2 Å². The van der Waals surface area contributed by atoms with Crippen molar-refractivity contribution in [2.75, 3.05) is 40.9 Å². The number of carbonyl (C=O) groups is 1. The number of nitrogens with one attached hydrogen (secondary N) is 1. The van der Waals surface area contributed by atoms with Crippen LogP contribution >= 0.6 is 7.82 Å². The van der Waals surface area contributed by atoms with Crippen molar-refractivity contribution in [3.8, 4) is 0 Å². The van der Waals surface area contributed by atoms with Gasteiger partial charge >= 0.3 is 7.82 Å². The second-order valence-electron chi connectivity index (χ2n) is 27.0. The first kappa shape index (κ1) is 83.5. The van der Waals surface area contributed by atoms with Gasteiger partial charge < -0.3 is 19.8 Å². The second kappa shape index (κ2) is 66.9. The molecular formula is C76H148N2O6P+. The Kier molecular flexibility index (Phi) is 65.7. The lowest BCUT2D eigenvalue weighted by molar-refractivity contribution is -0.870. The molecule has 0 aliphatic heterocycles. The number of phosphoric ester groups is 1. The minimum atomic E-state index is -4.37. The molecule has 0 aromatic heterocycles. The molecule has 9 heteroatoms. The first-order valence-electron chi connectivity index (χ1n) is 37.5. The van der Waals surface area contributed by atoms with E-state index in [9.17, 15) is 19.4 Å². The summed E-state index contributed by atoms with van der Waals surface area (Å²) in [6, 6.07) is -0.871. The van der Waals surface area contributed by atoms with Gasteiger partial charge in [0.25, 0.3) is 0 Å². The van der Waals surface area contributed by atoms with Crippen LogP contribution in [0.4, 0.5) is 0 Å². The average Bonchev–Trinajstić information content (AvgIpc) is 3.49. The maximum absolute atomic E-state index is 13.1. The van der Waals surface area contributed by atoms with Crippen molar-refractivity contribution in [3.63, 3.8) is 0 Å². The lowest BCUT2D eigenvalue weighted by Gasteiger charge is -2.25. The van der Waals surface area contributed by atoms with Crippen LogP contribution in [-0.2, 0) is 18.4 Å². The Balaban J connectivity index is 4.05. The summed E-state index contributed by atoms with van der Waals surface area (Å²) in [6.07, 6.45) is 91.5. The lowest BCUT2D eigenvalue weighted by atomic mass is 10.0. The molecule has 0 radical (unpaired) electrons. The van der Waals surface area contributed by atoms with Crippen molar-refractivity contribution >= 4 is 13.7 Å². The van der Waals surface area contributed by atoms with E-state index >= 15 is 0 Å². The fourth-order valence-corrected chi connectivity index (χ4v) is 12.2. The van der Waals surface area contributed by atoms with Crippen LogP contribution in [0, 0.1) is 0 Å². The molecule has 85 heavy (non-hydrogen) atoms. The quantitative estimate of drug-likeness (QED) is 0.0243. The molecule has 1 amide bonds. The third kappa shape index (κ3) is 69.8. The van der Waals surface area contributed by atoms with E-state index in [2.05, 4.69) is 55.6 Å². The maximum Gasteiger partial charge on any atom is 0.472 e. The Morgan fingerprint density at radius 2 is 0.647 bits per heavy atom. The summed E-state index contributed by atoms with van der Waals surface area (Å²) in [5.74, 6) is -0.184. The zero-order valence-electron chi connectivity index (χ0n) is 57.6.